The summed E-state index contributed by atoms with van der Waals surface area (Å²) in [5.74, 6) is 0.401. The Balaban J connectivity index is 1.95. The van der Waals surface area contributed by atoms with Crippen LogP contribution in [0, 0.1) is 11.2 Å². The van der Waals surface area contributed by atoms with E-state index in [0.29, 0.717) is 19.0 Å². The molecule has 138 valence electrons. The van der Waals surface area contributed by atoms with Gasteiger partial charge in [-0.2, -0.15) is 0 Å². The number of allylic oxidation sites excluding steroid dienone is 2. The molecule has 0 saturated heterocycles. The number of ether oxygens (including phenoxy) is 2. The van der Waals surface area contributed by atoms with Crippen molar-refractivity contribution in [2.75, 3.05) is 6.61 Å². The van der Waals surface area contributed by atoms with Crippen molar-refractivity contribution in [1.82, 2.24) is 0 Å². The maximum absolute atomic E-state index is 14.0. The van der Waals surface area contributed by atoms with Crippen LogP contribution in [0.25, 0.3) is 0 Å². The molecule has 0 aliphatic rings. The molecule has 0 saturated carbocycles. The first-order valence-electron chi connectivity index (χ1n) is 8.15. The molecule has 0 aromatic heterocycles. The molecule has 0 aliphatic carbocycles. The Labute approximate surface area is 171 Å². The quantitative estimate of drug-likeness (QED) is 0.365. The molecule has 0 bridgehead atoms. The van der Waals surface area contributed by atoms with Gasteiger partial charge in [0.2, 0.25) is 0 Å². The molecular formula is C21H21Br2FO2. The van der Waals surface area contributed by atoms with Gasteiger partial charge in [0, 0.05) is 5.41 Å². The van der Waals surface area contributed by atoms with E-state index in [1.165, 1.54) is 6.07 Å². The van der Waals surface area contributed by atoms with Crippen molar-refractivity contribution in [2.24, 2.45) is 5.41 Å². The van der Waals surface area contributed by atoms with Gasteiger partial charge in [-0.1, -0.05) is 50.3 Å². The Morgan fingerprint density at radius 1 is 1.12 bits per heavy atom. The van der Waals surface area contributed by atoms with Crippen molar-refractivity contribution < 1.29 is 13.9 Å². The first-order valence-corrected chi connectivity index (χ1v) is 9.74. The Morgan fingerprint density at radius 2 is 1.85 bits per heavy atom. The summed E-state index contributed by atoms with van der Waals surface area (Å²) >= 11 is 6.63. The predicted molar refractivity (Wildman–Crippen MR) is 111 cm³/mol. The van der Waals surface area contributed by atoms with Crippen LogP contribution in [0.15, 0.2) is 70.2 Å². The van der Waals surface area contributed by atoms with E-state index in [4.69, 9.17) is 9.47 Å². The lowest BCUT2D eigenvalue weighted by Crippen LogP contribution is -2.16. The zero-order valence-corrected chi connectivity index (χ0v) is 17.9. The number of para-hydroxylation sites is 1. The summed E-state index contributed by atoms with van der Waals surface area (Å²) in [5, 5.41) is 0. The molecule has 2 aromatic rings. The maximum atomic E-state index is 14.0. The molecule has 2 aromatic carbocycles. The van der Waals surface area contributed by atoms with Crippen LogP contribution in [0.2, 0.25) is 0 Å². The van der Waals surface area contributed by atoms with Gasteiger partial charge in [0.25, 0.3) is 0 Å². The number of hydrogen-bond donors (Lipinski definition) is 0. The molecule has 0 amide bonds. The van der Waals surface area contributed by atoms with Crippen molar-refractivity contribution >= 4 is 31.9 Å². The highest BCUT2D eigenvalue weighted by Crippen LogP contribution is 2.26. The summed E-state index contributed by atoms with van der Waals surface area (Å²) in [6.07, 6.45) is 5.95. The van der Waals surface area contributed by atoms with Crippen molar-refractivity contribution in [3.05, 3.63) is 81.5 Å². The third kappa shape index (κ3) is 7.44. The monoisotopic (exact) mass is 482 g/mol. The molecule has 0 spiro atoms. The Kier molecular flexibility index (Phi) is 8.07. The van der Waals surface area contributed by atoms with E-state index in [0.717, 1.165) is 8.96 Å². The van der Waals surface area contributed by atoms with Crippen LogP contribution in [0.3, 0.4) is 0 Å². The van der Waals surface area contributed by atoms with E-state index in [-0.39, 0.29) is 11.2 Å². The van der Waals surface area contributed by atoms with Crippen molar-refractivity contribution in [3.8, 4) is 11.5 Å². The van der Waals surface area contributed by atoms with Crippen LogP contribution in [-0.4, -0.2) is 6.61 Å². The summed E-state index contributed by atoms with van der Waals surface area (Å²) in [6.45, 7) is 5.12. The summed E-state index contributed by atoms with van der Waals surface area (Å²) in [4.78, 5) is 0. The van der Waals surface area contributed by atoms with Crippen LogP contribution in [0.1, 0.15) is 19.4 Å². The fourth-order valence-electron chi connectivity index (χ4n) is 2.19. The minimum absolute atomic E-state index is 0.116. The second-order valence-corrected chi connectivity index (χ2v) is 9.25. The van der Waals surface area contributed by atoms with Crippen molar-refractivity contribution in [2.45, 2.75) is 20.5 Å². The Bertz CT molecular complexity index is 767. The maximum Gasteiger partial charge on any atom is 0.165 e. The van der Waals surface area contributed by atoms with E-state index in [1.807, 2.05) is 30.4 Å². The number of rotatable bonds is 8. The molecule has 2 rings (SSSR count). The third-order valence-corrected chi connectivity index (χ3v) is 4.01. The number of hydrogen-bond acceptors (Lipinski definition) is 2. The molecule has 2 nitrogen and oxygen atoms in total. The second kappa shape index (κ2) is 10.0. The van der Waals surface area contributed by atoms with Gasteiger partial charge in [-0.15, -0.1) is 0 Å². The minimum Gasteiger partial charge on any atom is -0.454 e. The standard InChI is InChI=1S/C21H21Br2FO2/c1-21(2,12-6-9-20(22)23)15-25-14-16-10-11-18(24)19(13-16)26-17-7-4-3-5-8-17/h3-13H,14-15H2,1-2H3. The van der Waals surface area contributed by atoms with Crippen LogP contribution in [0.5, 0.6) is 11.5 Å². The molecule has 26 heavy (non-hydrogen) atoms. The number of benzene rings is 2. The fraction of sp³-hybridized carbons (Fsp3) is 0.238. The Morgan fingerprint density at radius 3 is 2.54 bits per heavy atom. The van der Waals surface area contributed by atoms with E-state index < -0.39 is 5.82 Å². The van der Waals surface area contributed by atoms with Crippen molar-refractivity contribution in [3.63, 3.8) is 0 Å². The van der Waals surface area contributed by atoms with E-state index in [9.17, 15) is 4.39 Å². The molecule has 0 radical (unpaired) electrons. The Hall–Kier alpha value is -1.43. The zero-order chi connectivity index (χ0) is 19.0. The van der Waals surface area contributed by atoms with Gasteiger partial charge in [-0.25, -0.2) is 4.39 Å². The first kappa shape index (κ1) is 20.9. The zero-order valence-electron chi connectivity index (χ0n) is 14.7. The molecule has 0 fully saturated rings. The molecule has 0 aliphatic heterocycles. The lowest BCUT2D eigenvalue weighted by Gasteiger charge is -2.20. The summed E-state index contributed by atoms with van der Waals surface area (Å²) in [6, 6.07) is 13.9. The fourth-order valence-corrected chi connectivity index (χ4v) is 2.50. The second-order valence-electron chi connectivity index (χ2n) is 6.48. The summed E-state index contributed by atoms with van der Waals surface area (Å²) in [7, 11) is 0. The van der Waals surface area contributed by atoms with E-state index >= 15 is 0 Å². The lowest BCUT2D eigenvalue weighted by molar-refractivity contribution is 0.0716. The van der Waals surface area contributed by atoms with Gasteiger partial charge in [-0.05, 0) is 67.8 Å². The summed E-state index contributed by atoms with van der Waals surface area (Å²) < 4.78 is 26.3. The molecule has 0 heterocycles. The molecule has 0 N–H and O–H groups in total. The average Bonchev–Trinajstić information content (AvgIpc) is 2.58. The highest BCUT2D eigenvalue weighted by atomic mass is 79.9. The average molecular weight is 484 g/mol. The largest absolute Gasteiger partial charge is 0.454 e. The van der Waals surface area contributed by atoms with Gasteiger partial charge in [0.05, 0.1) is 16.6 Å². The van der Waals surface area contributed by atoms with Crippen LogP contribution in [0.4, 0.5) is 4.39 Å². The predicted octanol–water partition coefficient (Wildman–Crippen LogP) is 7.35. The first-order chi connectivity index (χ1) is 12.4. The molecule has 0 atom stereocenters. The molecular weight excluding hydrogens is 463 g/mol. The van der Waals surface area contributed by atoms with Crippen molar-refractivity contribution in [1.29, 1.82) is 0 Å². The van der Waals surface area contributed by atoms with Gasteiger partial charge in [0.1, 0.15) is 5.75 Å². The smallest absolute Gasteiger partial charge is 0.165 e. The van der Waals surface area contributed by atoms with Crippen LogP contribution in [-0.2, 0) is 11.3 Å². The van der Waals surface area contributed by atoms with Gasteiger partial charge >= 0.3 is 0 Å². The normalized spacial score (nSPS) is 11.6. The topological polar surface area (TPSA) is 18.5 Å². The van der Waals surface area contributed by atoms with Gasteiger partial charge < -0.3 is 9.47 Å². The highest BCUT2D eigenvalue weighted by Gasteiger charge is 2.14. The molecule has 5 heteroatoms. The highest BCUT2D eigenvalue weighted by molar-refractivity contribution is 9.28. The molecule has 0 unspecified atom stereocenters. The van der Waals surface area contributed by atoms with E-state index in [1.54, 1.807) is 24.3 Å². The van der Waals surface area contributed by atoms with E-state index in [2.05, 4.69) is 51.8 Å². The number of halogens is 3. The van der Waals surface area contributed by atoms with Gasteiger partial charge in [0.15, 0.2) is 11.6 Å². The van der Waals surface area contributed by atoms with Crippen LogP contribution < -0.4 is 4.74 Å². The third-order valence-electron chi connectivity index (χ3n) is 3.48. The van der Waals surface area contributed by atoms with Gasteiger partial charge in [-0.3, -0.25) is 0 Å². The van der Waals surface area contributed by atoms with Crippen LogP contribution >= 0.6 is 31.9 Å². The lowest BCUT2D eigenvalue weighted by atomic mass is 9.94. The summed E-state index contributed by atoms with van der Waals surface area (Å²) in [5.41, 5.74) is 0.746. The minimum atomic E-state index is -0.395. The SMILES string of the molecule is CC(C)(C=CC=C(Br)Br)COCc1ccc(F)c(Oc2ccccc2)c1.